The molecule has 0 aliphatic carbocycles. The molecule has 2 unspecified atom stereocenters. The van der Waals surface area contributed by atoms with Crippen molar-refractivity contribution in [1.82, 2.24) is 30.2 Å². The average molecular weight is 570 g/mol. The Morgan fingerprint density at radius 2 is 1.48 bits per heavy atom. The molecule has 1 saturated heterocycles. The fourth-order valence-electron chi connectivity index (χ4n) is 5.23. The Morgan fingerprint density at radius 1 is 0.905 bits per heavy atom. The van der Waals surface area contributed by atoms with Gasteiger partial charge in [0.25, 0.3) is 0 Å². The number of methoxy groups -OCH3 is 1. The Kier molecular flexibility index (Phi) is 8.37. The summed E-state index contributed by atoms with van der Waals surface area (Å²) in [7, 11) is 1.29. The highest BCUT2D eigenvalue weighted by Crippen LogP contribution is 2.33. The van der Waals surface area contributed by atoms with Crippen LogP contribution in [0.4, 0.5) is 10.7 Å². The molecular formula is C31H35N7O4. The zero-order valence-electron chi connectivity index (χ0n) is 24.1. The lowest BCUT2D eigenvalue weighted by Gasteiger charge is -2.30. The third-order valence-corrected chi connectivity index (χ3v) is 7.43. The number of carbonyl (C=O) groups excluding carboxylic acids is 3. The van der Waals surface area contributed by atoms with Crippen molar-refractivity contribution in [1.29, 1.82) is 0 Å². The fraction of sp³-hybridized carbons (Fsp3) is 0.323. The van der Waals surface area contributed by atoms with E-state index >= 15 is 0 Å². The topological polar surface area (TPSA) is 145 Å². The van der Waals surface area contributed by atoms with Gasteiger partial charge in [0.2, 0.25) is 17.8 Å². The van der Waals surface area contributed by atoms with Crippen LogP contribution in [-0.2, 0) is 14.3 Å². The largest absolute Gasteiger partial charge is 0.453 e. The SMILES string of the molecule is COC(=O)NC(C(=O)N1CCCC1c1ncc(-c2ccc(-c3ccc(-c4cnc(NC(C)=O)[nH]4)cc3)cc2)[nH]1)C(C)C. The van der Waals surface area contributed by atoms with E-state index in [1.54, 1.807) is 17.3 Å². The number of aromatic amines is 2. The van der Waals surface area contributed by atoms with E-state index in [4.69, 9.17) is 4.74 Å². The molecule has 218 valence electrons. The number of H-pyrrole nitrogens is 2. The minimum atomic E-state index is -0.671. The Labute approximate surface area is 244 Å². The molecule has 5 rings (SSSR count). The van der Waals surface area contributed by atoms with Gasteiger partial charge in [-0.1, -0.05) is 62.4 Å². The predicted octanol–water partition coefficient (Wildman–Crippen LogP) is 5.14. The molecule has 42 heavy (non-hydrogen) atoms. The number of alkyl carbamates (subject to hydrolysis) is 1. The molecule has 3 heterocycles. The molecule has 0 spiro atoms. The highest BCUT2D eigenvalue weighted by Gasteiger charge is 2.37. The fourth-order valence-corrected chi connectivity index (χ4v) is 5.23. The summed E-state index contributed by atoms with van der Waals surface area (Å²) in [5.41, 5.74) is 5.77. The number of likely N-dealkylation sites (tertiary alicyclic amines) is 1. The second kappa shape index (κ2) is 12.3. The van der Waals surface area contributed by atoms with Crippen LogP contribution >= 0.6 is 0 Å². The van der Waals surface area contributed by atoms with Gasteiger partial charge in [0.15, 0.2) is 0 Å². The van der Waals surface area contributed by atoms with Crippen molar-refractivity contribution in [3.63, 3.8) is 0 Å². The number of nitrogens with zero attached hydrogens (tertiary/aromatic N) is 3. The minimum absolute atomic E-state index is 0.0897. The summed E-state index contributed by atoms with van der Waals surface area (Å²) in [5.74, 6) is 0.750. The van der Waals surface area contributed by atoms with Gasteiger partial charge in [-0.25, -0.2) is 14.8 Å². The molecule has 2 aromatic heterocycles. The number of hydrogen-bond donors (Lipinski definition) is 4. The lowest BCUT2D eigenvalue weighted by atomic mass is 10.0. The van der Waals surface area contributed by atoms with Gasteiger partial charge < -0.3 is 24.9 Å². The van der Waals surface area contributed by atoms with Crippen LogP contribution < -0.4 is 10.6 Å². The summed E-state index contributed by atoms with van der Waals surface area (Å²) >= 11 is 0. The van der Waals surface area contributed by atoms with Gasteiger partial charge >= 0.3 is 6.09 Å². The lowest BCUT2D eigenvalue weighted by molar-refractivity contribution is -0.135. The van der Waals surface area contributed by atoms with E-state index in [1.807, 2.05) is 50.2 Å². The summed E-state index contributed by atoms with van der Waals surface area (Å²) in [6, 6.07) is 15.5. The average Bonchev–Trinajstić information content (AvgIpc) is 3.76. The standard InChI is InChI=1S/C31H35N7O4/c1-18(2)27(37-31(41)42-4)29(40)38-15-5-6-26(38)28-32-16-24(35-28)22-11-7-20(8-12-22)21-9-13-23(14-10-21)25-17-33-30(36-25)34-19(3)39/h7-14,16-18,26-27H,5-6,15H2,1-4H3,(H,32,35)(H,37,41)(H2,33,34,36,39). The van der Waals surface area contributed by atoms with Gasteiger partial charge in [0, 0.05) is 13.5 Å². The third kappa shape index (κ3) is 6.19. The van der Waals surface area contributed by atoms with Gasteiger partial charge in [-0.05, 0) is 41.0 Å². The van der Waals surface area contributed by atoms with E-state index < -0.39 is 12.1 Å². The summed E-state index contributed by atoms with van der Waals surface area (Å²) in [4.78, 5) is 53.6. The normalized spacial score (nSPS) is 15.5. The molecule has 2 aromatic carbocycles. The van der Waals surface area contributed by atoms with Crippen LogP contribution in [0.2, 0.25) is 0 Å². The van der Waals surface area contributed by atoms with E-state index in [-0.39, 0.29) is 23.8 Å². The molecule has 2 atom stereocenters. The quantitative estimate of drug-likeness (QED) is 0.231. The summed E-state index contributed by atoms with van der Waals surface area (Å²) < 4.78 is 4.72. The summed E-state index contributed by atoms with van der Waals surface area (Å²) in [6.45, 7) is 5.85. The van der Waals surface area contributed by atoms with Crippen molar-refractivity contribution >= 4 is 23.9 Å². The second-order valence-corrected chi connectivity index (χ2v) is 10.7. The van der Waals surface area contributed by atoms with E-state index in [0.717, 1.165) is 52.3 Å². The molecule has 0 bridgehead atoms. The van der Waals surface area contributed by atoms with E-state index in [2.05, 4.69) is 42.7 Å². The van der Waals surface area contributed by atoms with Crippen molar-refractivity contribution in [3.8, 4) is 33.6 Å². The van der Waals surface area contributed by atoms with Crippen molar-refractivity contribution in [2.75, 3.05) is 19.0 Å². The summed E-state index contributed by atoms with van der Waals surface area (Å²) in [5, 5.41) is 5.33. The zero-order valence-corrected chi connectivity index (χ0v) is 24.1. The molecule has 11 nitrogen and oxygen atoms in total. The van der Waals surface area contributed by atoms with Crippen LogP contribution in [0, 0.1) is 5.92 Å². The molecule has 0 radical (unpaired) electrons. The van der Waals surface area contributed by atoms with Gasteiger partial charge in [0.05, 0.1) is 36.9 Å². The van der Waals surface area contributed by atoms with Crippen LogP contribution in [0.3, 0.4) is 0 Å². The lowest BCUT2D eigenvalue weighted by Crippen LogP contribution is -2.51. The number of carbonyl (C=O) groups is 3. The minimum Gasteiger partial charge on any atom is -0.453 e. The molecule has 1 aliphatic heterocycles. The Bertz CT molecular complexity index is 1560. The molecule has 11 heteroatoms. The van der Waals surface area contributed by atoms with Crippen molar-refractivity contribution in [3.05, 3.63) is 66.7 Å². The number of hydrogen-bond acceptors (Lipinski definition) is 6. The molecule has 4 N–H and O–H groups in total. The number of aromatic nitrogens is 4. The number of ether oxygens (including phenoxy) is 1. The predicted molar refractivity (Wildman–Crippen MR) is 159 cm³/mol. The van der Waals surface area contributed by atoms with Crippen LogP contribution in [-0.4, -0.2) is 62.4 Å². The Morgan fingerprint density at radius 3 is 2.05 bits per heavy atom. The van der Waals surface area contributed by atoms with E-state index in [0.29, 0.717) is 12.5 Å². The molecule has 3 amide bonds. The van der Waals surface area contributed by atoms with Gasteiger partial charge in [-0.3, -0.25) is 14.9 Å². The van der Waals surface area contributed by atoms with Crippen LogP contribution in [0.1, 0.15) is 45.5 Å². The van der Waals surface area contributed by atoms with Gasteiger partial charge in [0.1, 0.15) is 11.9 Å². The number of benzene rings is 2. The van der Waals surface area contributed by atoms with Crippen molar-refractivity contribution in [2.45, 2.75) is 45.7 Å². The first-order chi connectivity index (χ1) is 20.2. The number of amides is 3. The second-order valence-electron chi connectivity index (χ2n) is 10.7. The maximum atomic E-state index is 13.4. The number of imidazole rings is 2. The van der Waals surface area contributed by atoms with Gasteiger partial charge in [-0.15, -0.1) is 0 Å². The Balaban J connectivity index is 1.27. The molecule has 1 fully saturated rings. The molecular weight excluding hydrogens is 534 g/mol. The maximum absolute atomic E-state index is 13.4. The van der Waals surface area contributed by atoms with Crippen molar-refractivity contribution in [2.24, 2.45) is 5.92 Å². The highest BCUT2D eigenvalue weighted by molar-refractivity contribution is 5.87. The maximum Gasteiger partial charge on any atom is 0.407 e. The van der Waals surface area contributed by atoms with E-state index in [9.17, 15) is 14.4 Å². The van der Waals surface area contributed by atoms with Crippen LogP contribution in [0.5, 0.6) is 0 Å². The zero-order chi connectivity index (χ0) is 29.8. The van der Waals surface area contributed by atoms with Gasteiger partial charge in [-0.2, -0.15) is 0 Å². The smallest absolute Gasteiger partial charge is 0.407 e. The van der Waals surface area contributed by atoms with Crippen LogP contribution in [0.25, 0.3) is 33.6 Å². The highest BCUT2D eigenvalue weighted by atomic mass is 16.5. The first-order valence-corrected chi connectivity index (χ1v) is 14.0. The van der Waals surface area contributed by atoms with Crippen LogP contribution in [0.15, 0.2) is 60.9 Å². The monoisotopic (exact) mass is 569 g/mol. The number of anilines is 1. The molecule has 4 aromatic rings. The molecule has 1 aliphatic rings. The van der Waals surface area contributed by atoms with E-state index in [1.165, 1.54) is 14.0 Å². The number of rotatable bonds is 8. The molecule has 0 saturated carbocycles. The van der Waals surface area contributed by atoms with Crippen molar-refractivity contribution < 1.29 is 19.1 Å². The Hall–Kier alpha value is -4.93. The summed E-state index contributed by atoms with van der Waals surface area (Å²) in [6.07, 6.45) is 4.53. The number of nitrogens with one attached hydrogen (secondary N) is 4. The third-order valence-electron chi connectivity index (χ3n) is 7.43. The first-order valence-electron chi connectivity index (χ1n) is 14.0. The first kappa shape index (κ1) is 28.6.